The van der Waals surface area contributed by atoms with E-state index in [1.54, 1.807) is 41.6 Å². The van der Waals surface area contributed by atoms with Crippen molar-refractivity contribution in [2.24, 2.45) is 0 Å². The molecule has 2 heterocycles. The van der Waals surface area contributed by atoms with Crippen molar-refractivity contribution in [3.8, 4) is 5.75 Å². The van der Waals surface area contributed by atoms with Crippen molar-refractivity contribution in [1.82, 2.24) is 9.88 Å². The molecule has 1 amide bonds. The second-order valence-electron chi connectivity index (χ2n) is 6.82. The van der Waals surface area contributed by atoms with E-state index in [4.69, 9.17) is 9.72 Å². The van der Waals surface area contributed by atoms with Gasteiger partial charge in [0.05, 0.1) is 22.2 Å². The van der Waals surface area contributed by atoms with Crippen LogP contribution < -0.4 is 9.64 Å². The lowest BCUT2D eigenvalue weighted by Gasteiger charge is -2.34. The number of thiazole rings is 1. The lowest BCUT2D eigenvalue weighted by atomic mass is 10.2. The predicted octanol–water partition coefficient (Wildman–Crippen LogP) is 3.58. The van der Waals surface area contributed by atoms with Gasteiger partial charge >= 0.3 is 0 Å². The number of carbonyl (C=O) groups is 1. The molecule has 0 aliphatic carbocycles. The summed E-state index contributed by atoms with van der Waals surface area (Å²) in [5.74, 6) is 0.745. The molecular weight excluding hydrogens is 404 g/mol. The molecule has 9 heteroatoms. The normalized spacial score (nSPS) is 14.4. The summed E-state index contributed by atoms with van der Waals surface area (Å²) in [7, 11) is 1.65. The van der Waals surface area contributed by atoms with E-state index in [2.05, 4.69) is 4.90 Å². The molecular formula is C21H20N4O4S. The maximum atomic E-state index is 12.5. The van der Waals surface area contributed by atoms with E-state index >= 15 is 0 Å². The average molecular weight is 424 g/mol. The molecule has 0 N–H and O–H groups in total. The van der Waals surface area contributed by atoms with Crippen LogP contribution in [-0.2, 0) is 4.79 Å². The fourth-order valence-electron chi connectivity index (χ4n) is 3.25. The summed E-state index contributed by atoms with van der Waals surface area (Å²) in [5, 5.41) is 11.7. The number of nitro benzene ring substituents is 1. The van der Waals surface area contributed by atoms with E-state index in [0.29, 0.717) is 26.2 Å². The highest BCUT2D eigenvalue weighted by Gasteiger charge is 2.22. The largest absolute Gasteiger partial charge is 0.497 e. The SMILES string of the molecule is COc1ccc2nc(N3CCN(C(=O)/C=C\c4ccc([N+](=O)[O-])cc4)CC3)sc2c1. The lowest BCUT2D eigenvalue weighted by Crippen LogP contribution is -2.48. The predicted molar refractivity (Wildman–Crippen MR) is 117 cm³/mol. The average Bonchev–Trinajstić information content (AvgIpc) is 3.21. The molecule has 0 unspecified atom stereocenters. The third kappa shape index (κ3) is 4.25. The van der Waals surface area contributed by atoms with Crippen molar-refractivity contribution in [1.29, 1.82) is 0 Å². The molecule has 0 atom stereocenters. The minimum atomic E-state index is -0.444. The van der Waals surface area contributed by atoms with Gasteiger partial charge in [0.2, 0.25) is 5.91 Å². The number of benzene rings is 2. The van der Waals surface area contributed by atoms with Gasteiger partial charge in [0.15, 0.2) is 5.13 Å². The number of non-ortho nitro benzene ring substituents is 1. The van der Waals surface area contributed by atoms with Crippen LogP contribution in [0.3, 0.4) is 0 Å². The highest BCUT2D eigenvalue weighted by atomic mass is 32.1. The summed E-state index contributed by atoms with van der Waals surface area (Å²) >= 11 is 1.62. The van der Waals surface area contributed by atoms with Crippen LogP contribution in [0.2, 0.25) is 0 Å². The van der Waals surface area contributed by atoms with Gasteiger partial charge in [-0.05, 0) is 42.0 Å². The highest BCUT2D eigenvalue weighted by molar-refractivity contribution is 7.22. The Balaban J connectivity index is 1.35. The number of nitrogens with zero attached hydrogens (tertiary/aromatic N) is 4. The van der Waals surface area contributed by atoms with Crippen LogP contribution in [0.4, 0.5) is 10.8 Å². The maximum absolute atomic E-state index is 12.5. The van der Waals surface area contributed by atoms with Gasteiger partial charge in [-0.15, -0.1) is 0 Å². The van der Waals surface area contributed by atoms with Crippen LogP contribution in [0.1, 0.15) is 5.56 Å². The van der Waals surface area contributed by atoms with Crippen LogP contribution >= 0.6 is 11.3 Å². The summed E-state index contributed by atoms with van der Waals surface area (Å²) in [6, 6.07) is 12.0. The van der Waals surface area contributed by atoms with Crippen molar-refractivity contribution >= 4 is 44.4 Å². The van der Waals surface area contributed by atoms with Crippen molar-refractivity contribution < 1.29 is 14.5 Å². The van der Waals surface area contributed by atoms with E-state index < -0.39 is 4.92 Å². The summed E-state index contributed by atoms with van der Waals surface area (Å²) < 4.78 is 6.35. The molecule has 0 saturated carbocycles. The first-order valence-electron chi connectivity index (χ1n) is 9.44. The van der Waals surface area contributed by atoms with Crippen molar-refractivity contribution in [2.45, 2.75) is 0 Å². The molecule has 1 saturated heterocycles. The Bertz CT molecular complexity index is 1100. The first kappa shape index (κ1) is 19.8. The summed E-state index contributed by atoms with van der Waals surface area (Å²) in [5.41, 5.74) is 1.72. The van der Waals surface area contributed by atoms with Gasteiger partial charge in [-0.1, -0.05) is 11.3 Å². The van der Waals surface area contributed by atoms with Crippen LogP contribution in [0.15, 0.2) is 48.5 Å². The highest BCUT2D eigenvalue weighted by Crippen LogP contribution is 2.31. The first-order chi connectivity index (χ1) is 14.5. The van der Waals surface area contributed by atoms with Crippen molar-refractivity contribution in [3.05, 3.63) is 64.2 Å². The molecule has 154 valence electrons. The number of amides is 1. The topological polar surface area (TPSA) is 88.8 Å². The molecule has 0 spiro atoms. The monoisotopic (exact) mass is 424 g/mol. The Morgan fingerprint density at radius 1 is 1.17 bits per heavy atom. The molecule has 1 aromatic heterocycles. The van der Waals surface area contributed by atoms with Gasteiger partial charge in [0.1, 0.15) is 5.75 Å². The second kappa shape index (κ2) is 8.50. The molecule has 1 aliphatic rings. The van der Waals surface area contributed by atoms with Crippen LogP contribution in [0, 0.1) is 10.1 Å². The third-order valence-corrected chi connectivity index (χ3v) is 6.05. The molecule has 2 aromatic carbocycles. The molecule has 3 aromatic rings. The Morgan fingerprint density at radius 2 is 1.90 bits per heavy atom. The number of fused-ring (bicyclic) bond motifs is 1. The van der Waals surface area contributed by atoms with Gasteiger partial charge in [-0.2, -0.15) is 0 Å². The van der Waals surface area contributed by atoms with E-state index in [9.17, 15) is 14.9 Å². The minimum absolute atomic E-state index is 0.0305. The third-order valence-electron chi connectivity index (χ3n) is 4.97. The van der Waals surface area contributed by atoms with Gasteiger partial charge < -0.3 is 14.5 Å². The number of hydrogen-bond donors (Lipinski definition) is 0. The van der Waals surface area contributed by atoms with E-state index in [0.717, 1.165) is 26.7 Å². The number of methoxy groups -OCH3 is 1. The molecule has 0 radical (unpaired) electrons. The number of ether oxygens (including phenoxy) is 1. The molecule has 8 nitrogen and oxygen atoms in total. The van der Waals surface area contributed by atoms with Crippen LogP contribution in [0.25, 0.3) is 16.3 Å². The quantitative estimate of drug-likeness (QED) is 0.353. The number of nitro groups is 1. The molecule has 4 rings (SSSR count). The number of rotatable bonds is 5. The molecule has 30 heavy (non-hydrogen) atoms. The van der Waals surface area contributed by atoms with Crippen molar-refractivity contribution in [3.63, 3.8) is 0 Å². The Hall–Kier alpha value is -3.46. The van der Waals surface area contributed by atoms with Crippen LogP contribution in [0.5, 0.6) is 5.75 Å². The van der Waals surface area contributed by atoms with Gasteiger partial charge in [0.25, 0.3) is 5.69 Å². The summed E-state index contributed by atoms with van der Waals surface area (Å²) in [6.45, 7) is 2.66. The molecule has 1 aliphatic heterocycles. The number of hydrogen-bond acceptors (Lipinski definition) is 7. The smallest absolute Gasteiger partial charge is 0.269 e. The number of aromatic nitrogens is 1. The summed E-state index contributed by atoms with van der Waals surface area (Å²) in [4.78, 5) is 31.4. The minimum Gasteiger partial charge on any atom is -0.497 e. The van der Waals surface area contributed by atoms with Crippen molar-refractivity contribution in [2.75, 3.05) is 38.2 Å². The van der Waals surface area contributed by atoms with E-state index in [1.807, 2.05) is 18.2 Å². The Kier molecular flexibility index (Phi) is 5.62. The van der Waals surface area contributed by atoms with Gasteiger partial charge in [-0.3, -0.25) is 14.9 Å². The molecule has 0 bridgehead atoms. The van der Waals surface area contributed by atoms with Crippen LogP contribution in [-0.4, -0.2) is 54.0 Å². The maximum Gasteiger partial charge on any atom is 0.269 e. The zero-order valence-electron chi connectivity index (χ0n) is 16.4. The first-order valence-corrected chi connectivity index (χ1v) is 10.3. The fraction of sp³-hybridized carbons (Fsp3) is 0.238. The zero-order valence-corrected chi connectivity index (χ0v) is 17.2. The Labute approximate surface area is 177 Å². The number of piperazine rings is 1. The van der Waals surface area contributed by atoms with E-state index in [-0.39, 0.29) is 11.6 Å². The lowest BCUT2D eigenvalue weighted by molar-refractivity contribution is -0.384. The number of carbonyl (C=O) groups excluding carboxylic acids is 1. The molecule has 1 fully saturated rings. The van der Waals surface area contributed by atoms with Gasteiger partial charge in [-0.25, -0.2) is 4.98 Å². The standard InChI is InChI=1S/C21H20N4O4S/c1-29-17-7-8-18-19(14-17)30-21(22-18)24-12-10-23(11-13-24)20(26)9-4-15-2-5-16(6-3-15)25(27)28/h2-9,14H,10-13H2,1H3/b9-4-. The van der Waals surface area contributed by atoms with Gasteiger partial charge in [0, 0.05) is 44.4 Å². The number of anilines is 1. The second-order valence-corrected chi connectivity index (χ2v) is 7.83. The Morgan fingerprint density at radius 3 is 2.57 bits per heavy atom. The zero-order chi connectivity index (χ0) is 21.1. The fourth-order valence-corrected chi connectivity index (χ4v) is 4.30. The summed E-state index contributed by atoms with van der Waals surface area (Å²) in [6.07, 6.45) is 3.19. The van der Waals surface area contributed by atoms with E-state index in [1.165, 1.54) is 18.2 Å².